The third-order valence-electron chi connectivity index (χ3n) is 4.29. The maximum absolute atomic E-state index is 12.0. The number of nitrogens with zero attached hydrogens (tertiary/aromatic N) is 1. The average molecular weight is 383 g/mol. The van der Waals surface area contributed by atoms with Gasteiger partial charge in [-0.3, -0.25) is 14.5 Å². The zero-order valence-electron chi connectivity index (χ0n) is 15.7. The minimum atomic E-state index is -0.347. The van der Waals surface area contributed by atoms with Crippen molar-refractivity contribution in [3.8, 4) is 11.5 Å². The first kappa shape index (κ1) is 19.9. The van der Waals surface area contributed by atoms with Crippen LogP contribution in [-0.4, -0.2) is 56.1 Å². The predicted octanol–water partition coefficient (Wildman–Crippen LogP) is 2.26. The summed E-state index contributed by atoms with van der Waals surface area (Å²) in [5, 5.41) is 5.50. The van der Waals surface area contributed by atoms with E-state index in [2.05, 4.69) is 15.5 Å². The molecule has 1 fully saturated rings. The van der Waals surface area contributed by atoms with Crippen molar-refractivity contribution < 1.29 is 19.1 Å². The van der Waals surface area contributed by atoms with E-state index in [1.54, 1.807) is 24.3 Å². The van der Waals surface area contributed by atoms with Crippen LogP contribution in [0.25, 0.3) is 0 Å². The van der Waals surface area contributed by atoms with Gasteiger partial charge in [-0.2, -0.15) is 0 Å². The van der Waals surface area contributed by atoms with Gasteiger partial charge in [0.05, 0.1) is 13.2 Å². The zero-order valence-corrected chi connectivity index (χ0v) is 15.7. The van der Waals surface area contributed by atoms with Gasteiger partial charge in [0.1, 0.15) is 17.9 Å². The van der Waals surface area contributed by atoms with Crippen LogP contribution in [0.4, 0.5) is 5.69 Å². The third-order valence-corrected chi connectivity index (χ3v) is 4.29. The van der Waals surface area contributed by atoms with Crippen LogP contribution in [-0.2, 0) is 14.3 Å². The standard InChI is InChI=1S/C21H25N3O4/c25-20(22-10-11-24-12-14-27-15-13-24)16-21(26)23-17-6-8-19(9-7-17)28-18-4-2-1-3-5-18/h1-9H,10-16H2,(H,22,25)(H,23,26). The molecule has 1 aliphatic rings. The van der Waals surface area contributed by atoms with Crippen LogP contribution >= 0.6 is 0 Å². The van der Waals surface area contributed by atoms with E-state index in [0.29, 0.717) is 18.0 Å². The van der Waals surface area contributed by atoms with Crippen LogP contribution < -0.4 is 15.4 Å². The highest BCUT2D eigenvalue weighted by Crippen LogP contribution is 2.22. The van der Waals surface area contributed by atoms with E-state index in [1.165, 1.54) is 0 Å². The van der Waals surface area contributed by atoms with Gasteiger partial charge in [-0.15, -0.1) is 0 Å². The first-order chi connectivity index (χ1) is 13.7. The van der Waals surface area contributed by atoms with Crippen LogP contribution in [0, 0.1) is 0 Å². The van der Waals surface area contributed by atoms with Crippen molar-refractivity contribution in [3.05, 3.63) is 54.6 Å². The van der Waals surface area contributed by atoms with Gasteiger partial charge in [0.15, 0.2) is 0 Å². The summed E-state index contributed by atoms with van der Waals surface area (Å²) >= 11 is 0. The van der Waals surface area contributed by atoms with Gasteiger partial charge in [0.25, 0.3) is 0 Å². The highest BCUT2D eigenvalue weighted by molar-refractivity contribution is 6.03. The largest absolute Gasteiger partial charge is 0.457 e. The average Bonchev–Trinajstić information content (AvgIpc) is 2.71. The van der Waals surface area contributed by atoms with Gasteiger partial charge in [0.2, 0.25) is 11.8 Å². The van der Waals surface area contributed by atoms with Crippen LogP contribution in [0.3, 0.4) is 0 Å². The molecule has 0 atom stereocenters. The number of hydrogen-bond acceptors (Lipinski definition) is 5. The fourth-order valence-corrected chi connectivity index (χ4v) is 2.82. The van der Waals surface area contributed by atoms with Crippen molar-refractivity contribution >= 4 is 17.5 Å². The Labute approximate surface area is 164 Å². The third kappa shape index (κ3) is 6.68. The predicted molar refractivity (Wildman–Crippen MR) is 106 cm³/mol. The highest BCUT2D eigenvalue weighted by Gasteiger charge is 2.12. The van der Waals surface area contributed by atoms with Gasteiger partial charge in [-0.25, -0.2) is 0 Å². The van der Waals surface area contributed by atoms with E-state index < -0.39 is 0 Å². The molecule has 1 heterocycles. The summed E-state index contributed by atoms with van der Waals surface area (Å²) in [5.74, 6) is 0.786. The minimum absolute atomic E-state index is 0.203. The molecule has 2 aromatic carbocycles. The molecule has 1 aliphatic heterocycles. The first-order valence-electron chi connectivity index (χ1n) is 9.39. The Balaban J connectivity index is 1.37. The number of para-hydroxylation sites is 1. The molecule has 0 spiro atoms. The smallest absolute Gasteiger partial charge is 0.233 e. The SMILES string of the molecule is O=C(CC(=O)Nc1ccc(Oc2ccccc2)cc1)NCCN1CCOCC1. The molecule has 0 aromatic heterocycles. The number of morpholine rings is 1. The highest BCUT2D eigenvalue weighted by atomic mass is 16.5. The lowest BCUT2D eigenvalue weighted by Crippen LogP contribution is -2.41. The number of carbonyl (C=O) groups excluding carboxylic acids is 2. The van der Waals surface area contributed by atoms with Gasteiger partial charge in [-0.1, -0.05) is 18.2 Å². The summed E-state index contributed by atoms with van der Waals surface area (Å²) in [7, 11) is 0. The second-order valence-electron chi connectivity index (χ2n) is 6.47. The zero-order chi connectivity index (χ0) is 19.6. The second kappa shape index (κ2) is 10.4. The molecule has 2 N–H and O–H groups in total. The number of anilines is 1. The van der Waals surface area contributed by atoms with Gasteiger partial charge in [0, 0.05) is 31.9 Å². The summed E-state index contributed by atoms with van der Waals surface area (Å²) in [6.07, 6.45) is -0.203. The Bertz CT molecular complexity index is 759. The molecule has 148 valence electrons. The normalized spacial score (nSPS) is 14.3. The Kier molecular flexibility index (Phi) is 7.40. The maximum Gasteiger partial charge on any atom is 0.233 e. The quantitative estimate of drug-likeness (QED) is 0.684. The number of ether oxygens (including phenoxy) is 2. The first-order valence-corrected chi connectivity index (χ1v) is 9.39. The van der Waals surface area contributed by atoms with E-state index in [0.717, 1.165) is 38.6 Å². The van der Waals surface area contributed by atoms with Gasteiger partial charge < -0.3 is 20.1 Å². The number of rotatable bonds is 8. The van der Waals surface area contributed by atoms with E-state index in [1.807, 2.05) is 30.3 Å². The van der Waals surface area contributed by atoms with Crippen LogP contribution in [0.5, 0.6) is 11.5 Å². The number of hydrogen-bond donors (Lipinski definition) is 2. The molecule has 3 rings (SSSR count). The minimum Gasteiger partial charge on any atom is -0.457 e. The molecule has 28 heavy (non-hydrogen) atoms. The Morgan fingerprint density at radius 3 is 2.32 bits per heavy atom. The molecule has 2 amide bonds. The summed E-state index contributed by atoms with van der Waals surface area (Å²) in [4.78, 5) is 26.2. The van der Waals surface area contributed by atoms with Gasteiger partial charge in [-0.05, 0) is 36.4 Å². The molecule has 0 unspecified atom stereocenters. The van der Waals surface area contributed by atoms with Crippen molar-refractivity contribution in [3.63, 3.8) is 0 Å². The van der Waals surface area contributed by atoms with Crippen LogP contribution in [0.15, 0.2) is 54.6 Å². The lowest BCUT2D eigenvalue weighted by Gasteiger charge is -2.26. The second-order valence-corrected chi connectivity index (χ2v) is 6.47. The number of carbonyl (C=O) groups is 2. The van der Waals surface area contributed by atoms with Gasteiger partial charge >= 0.3 is 0 Å². The number of nitrogens with one attached hydrogen (secondary N) is 2. The maximum atomic E-state index is 12.0. The van der Waals surface area contributed by atoms with E-state index in [-0.39, 0.29) is 18.2 Å². The molecule has 7 heteroatoms. The van der Waals surface area contributed by atoms with E-state index in [4.69, 9.17) is 9.47 Å². The summed E-state index contributed by atoms with van der Waals surface area (Å²) in [6.45, 7) is 4.50. The van der Waals surface area contributed by atoms with Crippen molar-refractivity contribution in [1.82, 2.24) is 10.2 Å². The Morgan fingerprint density at radius 1 is 0.929 bits per heavy atom. The van der Waals surface area contributed by atoms with E-state index in [9.17, 15) is 9.59 Å². The molecule has 2 aromatic rings. The Morgan fingerprint density at radius 2 is 1.61 bits per heavy atom. The molecule has 7 nitrogen and oxygen atoms in total. The monoisotopic (exact) mass is 383 g/mol. The molecule has 0 bridgehead atoms. The fourth-order valence-electron chi connectivity index (χ4n) is 2.82. The molecular formula is C21H25N3O4. The topological polar surface area (TPSA) is 79.9 Å². The van der Waals surface area contributed by atoms with Crippen molar-refractivity contribution in [2.45, 2.75) is 6.42 Å². The molecule has 1 saturated heterocycles. The molecule has 0 saturated carbocycles. The van der Waals surface area contributed by atoms with Crippen LogP contribution in [0.2, 0.25) is 0 Å². The fraction of sp³-hybridized carbons (Fsp3) is 0.333. The summed E-state index contributed by atoms with van der Waals surface area (Å²) in [6, 6.07) is 16.5. The molecular weight excluding hydrogens is 358 g/mol. The summed E-state index contributed by atoms with van der Waals surface area (Å²) < 4.78 is 11.0. The Hall–Kier alpha value is -2.90. The van der Waals surface area contributed by atoms with Crippen molar-refractivity contribution in [1.29, 1.82) is 0 Å². The lowest BCUT2D eigenvalue weighted by molar-refractivity contribution is -0.126. The van der Waals surface area contributed by atoms with Crippen LogP contribution in [0.1, 0.15) is 6.42 Å². The van der Waals surface area contributed by atoms with Crippen molar-refractivity contribution in [2.75, 3.05) is 44.7 Å². The summed E-state index contributed by atoms with van der Waals surface area (Å²) in [5.41, 5.74) is 0.617. The molecule has 0 aliphatic carbocycles. The molecule has 0 radical (unpaired) electrons. The number of amides is 2. The van der Waals surface area contributed by atoms with E-state index >= 15 is 0 Å². The number of benzene rings is 2. The lowest BCUT2D eigenvalue weighted by atomic mass is 10.2. The van der Waals surface area contributed by atoms with Crippen molar-refractivity contribution in [2.24, 2.45) is 0 Å².